The van der Waals surface area contributed by atoms with Crippen molar-refractivity contribution in [3.05, 3.63) is 45.4 Å². The van der Waals surface area contributed by atoms with Gasteiger partial charge in [-0.05, 0) is 46.5 Å². The van der Waals surface area contributed by atoms with Crippen molar-refractivity contribution in [1.82, 2.24) is 14.4 Å². The van der Waals surface area contributed by atoms with Crippen molar-refractivity contribution in [1.29, 1.82) is 0 Å². The van der Waals surface area contributed by atoms with Gasteiger partial charge in [0, 0.05) is 23.0 Å². The molecule has 0 aromatic carbocycles. The molecular formula is C18H17F3IN5OS. The van der Waals surface area contributed by atoms with E-state index >= 15 is 0 Å². The molecule has 0 aliphatic heterocycles. The highest BCUT2D eigenvalue weighted by Gasteiger charge is 2.31. The van der Waals surface area contributed by atoms with Crippen molar-refractivity contribution in [3.63, 3.8) is 0 Å². The molecule has 2 N–H and O–H groups in total. The van der Waals surface area contributed by atoms with E-state index in [1.54, 1.807) is 23.7 Å². The van der Waals surface area contributed by atoms with Crippen molar-refractivity contribution in [2.75, 3.05) is 23.4 Å². The minimum Gasteiger partial charge on any atom is -0.371 e. The molecule has 0 spiro atoms. The fourth-order valence-electron chi connectivity index (χ4n) is 2.73. The Hall–Kier alpha value is -2.02. The fraction of sp³-hybridized carbons (Fsp3) is 0.278. The van der Waals surface area contributed by atoms with Gasteiger partial charge in [-0.1, -0.05) is 6.92 Å². The molecule has 3 rings (SSSR count). The number of carbonyl (C=O) groups is 1. The molecule has 11 heteroatoms. The summed E-state index contributed by atoms with van der Waals surface area (Å²) in [5.41, 5.74) is 0.337. The fourth-order valence-corrected chi connectivity index (χ4v) is 4.03. The maximum absolute atomic E-state index is 13.0. The third kappa shape index (κ3) is 4.94. The van der Waals surface area contributed by atoms with E-state index in [4.69, 9.17) is 0 Å². The molecule has 0 fully saturated rings. The molecule has 0 saturated carbocycles. The number of rotatable bonds is 6. The number of alkyl halides is 3. The molecule has 0 aliphatic rings. The SMILES string of the molecule is CCSc1c(CC(=O)Nc2cc(I)cnc2NC)nc2cc(C(F)(F)F)ccn12. The normalized spacial score (nSPS) is 11.7. The van der Waals surface area contributed by atoms with Crippen molar-refractivity contribution in [2.45, 2.75) is 24.5 Å². The molecular weight excluding hydrogens is 518 g/mol. The van der Waals surface area contributed by atoms with Crippen LogP contribution < -0.4 is 10.6 Å². The average Bonchev–Trinajstić information content (AvgIpc) is 2.98. The van der Waals surface area contributed by atoms with Crippen LogP contribution in [0.25, 0.3) is 5.65 Å². The van der Waals surface area contributed by atoms with Crippen molar-refractivity contribution >= 4 is 57.4 Å². The number of carbonyl (C=O) groups excluding carboxylic acids is 1. The molecule has 0 saturated heterocycles. The Balaban J connectivity index is 1.91. The van der Waals surface area contributed by atoms with Crippen molar-refractivity contribution in [3.8, 4) is 0 Å². The van der Waals surface area contributed by atoms with Gasteiger partial charge in [0.15, 0.2) is 0 Å². The second-order valence-electron chi connectivity index (χ2n) is 5.96. The predicted molar refractivity (Wildman–Crippen MR) is 115 cm³/mol. The molecule has 0 unspecified atom stereocenters. The monoisotopic (exact) mass is 535 g/mol. The zero-order valence-corrected chi connectivity index (χ0v) is 18.4. The van der Waals surface area contributed by atoms with Gasteiger partial charge in [-0.25, -0.2) is 9.97 Å². The Kier molecular flexibility index (Phi) is 6.56. The van der Waals surface area contributed by atoms with E-state index in [2.05, 4.69) is 43.2 Å². The Labute approximate surface area is 182 Å². The summed E-state index contributed by atoms with van der Waals surface area (Å²) in [5.74, 6) is 0.878. The van der Waals surface area contributed by atoms with Crippen LogP contribution in [-0.2, 0) is 17.4 Å². The van der Waals surface area contributed by atoms with Gasteiger partial charge in [-0.15, -0.1) is 11.8 Å². The van der Waals surface area contributed by atoms with Gasteiger partial charge in [0.25, 0.3) is 0 Å². The zero-order chi connectivity index (χ0) is 21.2. The van der Waals surface area contributed by atoms with Crippen LogP contribution in [0.5, 0.6) is 0 Å². The van der Waals surface area contributed by atoms with Crippen LogP contribution in [-0.4, -0.2) is 33.1 Å². The van der Waals surface area contributed by atoms with Crippen LogP contribution in [0, 0.1) is 3.57 Å². The van der Waals surface area contributed by atoms with Crippen LogP contribution >= 0.6 is 34.4 Å². The quantitative estimate of drug-likeness (QED) is 0.354. The summed E-state index contributed by atoms with van der Waals surface area (Å²) in [6.07, 6.45) is -1.52. The first-order valence-electron chi connectivity index (χ1n) is 8.57. The van der Waals surface area contributed by atoms with Crippen LogP contribution in [0.4, 0.5) is 24.7 Å². The van der Waals surface area contributed by atoms with E-state index in [-0.39, 0.29) is 18.0 Å². The minimum absolute atomic E-state index is 0.0695. The summed E-state index contributed by atoms with van der Waals surface area (Å²) >= 11 is 3.51. The minimum atomic E-state index is -4.45. The lowest BCUT2D eigenvalue weighted by atomic mass is 10.2. The topological polar surface area (TPSA) is 71.3 Å². The zero-order valence-electron chi connectivity index (χ0n) is 15.5. The first kappa shape index (κ1) is 21.7. The molecule has 1 amide bonds. The van der Waals surface area contributed by atoms with Gasteiger partial charge in [-0.2, -0.15) is 13.2 Å². The molecule has 154 valence electrons. The highest BCUT2D eigenvalue weighted by atomic mass is 127. The molecule has 0 atom stereocenters. The highest BCUT2D eigenvalue weighted by molar-refractivity contribution is 14.1. The van der Waals surface area contributed by atoms with E-state index in [9.17, 15) is 18.0 Å². The van der Waals surface area contributed by atoms with Crippen LogP contribution in [0.15, 0.2) is 35.6 Å². The van der Waals surface area contributed by atoms with Gasteiger partial charge in [0.1, 0.15) is 16.5 Å². The summed E-state index contributed by atoms with van der Waals surface area (Å²) in [7, 11) is 1.70. The number of fused-ring (bicyclic) bond motifs is 1. The van der Waals surface area contributed by atoms with Crippen molar-refractivity contribution < 1.29 is 18.0 Å². The number of anilines is 2. The Morgan fingerprint density at radius 3 is 2.76 bits per heavy atom. The molecule has 0 radical (unpaired) electrons. The summed E-state index contributed by atoms with van der Waals surface area (Å²) in [5, 5.41) is 6.35. The second kappa shape index (κ2) is 8.78. The van der Waals surface area contributed by atoms with Crippen LogP contribution in [0.1, 0.15) is 18.2 Å². The summed E-state index contributed by atoms with van der Waals surface area (Å²) < 4.78 is 41.5. The van der Waals surface area contributed by atoms with Gasteiger partial charge >= 0.3 is 6.18 Å². The third-order valence-corrected chi connectivity index (χ3v) is 5.54. The number of hydrogen-bond donors (Lipinski definition) is 2. The number of halogens is 4. The van der Waals surface area contributed by atoms with Gasteiger partial charge in [-0.3, -0.25) is 9.20 Å². The lowest BCUT2D eigenvalue weighted by Gasteiger charge is -2.10. The Bertz CT molecular complexity index is 1050. The van der Waals surface area contributed by atoms with E-state index in [0.29, 0.717) is 28.0 Å². The largest absolute Gasteiger partial charge is 0.416 e. The van der Waals surface area contributed by atoms with Gasteiger partial charge in [0.2, 0.25) is 5.91 Å². The maximum atomic E-state index is 13.0. The smallest absolute Gasteiger partial charge is 0.371 e. The number of nitrogens with zero attached hydrogens (tertiary/aromatic N) is 3. The molecule has 6 nitrogen and oxygen atoms in total. The first-order chi connectivity index (χ1) is 13.7. The average molecular weight is 535 g/mol. The predicted octanol–water partition coefficient (Wildman–Crippen LogP) is 4.69. The third-order valence-electron chi connectivity index (χ3n) is 3.95. The van der Waals surface area contributed by atoms with E-state index in [1.165, 1.54) is 18.0 Å². The van der Waals surface area contributed by atoms with Gasteiger partial charge in [0.05, 0.1) is 23.4 Å². The number of imidazole rings is 1. The summed E-state index contributed by atoms with van der Waals surface area (Å²) in [4.78, 5) is 21.1. The lowest BCUT2D eigenvalue weighted by molar-refractivity contribution is -0.137. The molecule has 0 bridgehead atoms. The summed E-state index contributed by atoms with van der Waals surface area (Å²) in [6.45, 7) is 1.93. The van der Waals surface area contributed by atoms with E-state index in [0.717, 1.165) is 15.7 Å². The molecule has 3 aromatic heterocycles. The number of thioether (sulfide) groups is 1. The Morgan fingerprint density at radius 1 is 1.34 bits per heavy atom. The van der Waals surface area contributed by atoms with Crippen LogP contribution in [0.2, 0.25) is 0 Å². The highest BCUT2D eigenvalue weighted by Crippen LogP contribution is 2.32. The summed E-state index contributed by atoms with van der Waals surface area (Å²) in [6, 6.07) is 3.77. The molecule has 3 aromatic rings. The standard InChI is InChI=1S/C18H17F3IN5OS/c1-3-29-17-13(25-14-6-10(18(19,20)21)4-5-27(14)17)8-15(28)26-12-7-11(22)9-24-16(12)23-2/h4-7,9H,3,8H2,1-2H3,(H,23,24)(H,26,28). The Morgan fingerprint density at radius 2 is 2.10 bits per heavy atom. The first-order valence-corrected chi connectivity index (χ1v) is 10.6. The second-order valence-corrected chi connectivity index (χ2v) is 8.46. The van der Waals surface area contributed by atoms with Crippen molar-refractivity contribution in [2.24, 2.45) is 0 Å². The maximum Gasteiger partial charge on any atom is 0.416 e. The van der Waals surface area contributed by atoms with Crippen LogP contribution in [0.3, 0.4) is 0 Å². The molecule has 29 heavy (non-hydrogen) atoms. The lowest BCUT2D eigenvalue weighted by Crippen LogP contribution is -2.16. The molecule has 3 heterocycles. The van der Waals surface area contributed by atoms with Gasteiger partial charge < -0.3 is 10.6 Å². The molecule has 0 aliphatic carbocycles. The number of pyridine rings is 2. The number of nitrogens with one attached hydrogen (secondary N) is 2. The van der Waals surface area contributed by atoms with E-state index < -0.39 is 11.7 Å². The van der Waals surface area contributed by atoms with E-state index in [1.807, 2.05) is 6.92 Å². The number of amides is 1. The number of aromatic nitrogens is 3. The number of hydrogen-bond acceptors (Lipinski definition) is 5.